The highest BCUT2D eigenvalue weighted by molar-refractivity contribution is 5.76. The molecule has 2 unspecified atom stereocenters. The number of aliphatic hydroxyl groups excluding tert-OH is 2. The molecular weight excluding hydrogens is 615 g/mol. The molecule has 0 radical (unpaired) electrons. The van der Waals surface area contributed by atoms with Crippen LogP contribution >= 0.6 is 0 Å². The zero-order chi connectivity index (χ0) is 36.4. The highest BCUT2D eigenvalue weighted by Crippen LogP contribution is 2.14. The third-order valence-electron chi connectivity index (χ3n) is 8.61. The first-order valence-electron chi connectivity index (χ1n) is 20.4. The van der Waals surface area contributed by atoms with Gasteiger partial charge in [0.1, 0.15) is 0 Å². The third kappa shape index (κ3) is 36.6. The van der Waals surface area contributed by atoms with Crippen LogP contribution in [0.3, 0.4) is 0 Å². The second-order valence-corrected chi connectivity index (χ2v) is 13.3. The number of carbonyl (C=O) groups is 1. The summed E-state index contributed by atoms with van der Waals surface area (Å²) in [6.07, 6.45) is 60.4. The fourth-order valence-electron chi connectivity index (χ4n) is 5.49. The van der Waals surface area contributed by atoms with Crippen LogP contribution in [0.2, 0.25) is 0 Å². The number of hydrogen-bond acceptors (Lipinski definition) is 3. The number of allylic oxidation sites excluding steroid dienone is 16. The second kappa shape index (κ2) is 40.7. The summed E-state index contributed by atoms with van der Waals surface area (Å²) in [5.41, 5.74) is 0. The van der Waals surface area contributed by atoms with E-state index in [9.17, 15) is 15.0 Å². The molecule has 0 heterocycles. The molecule has 50 heavy (non-hydrogen) atoms. The SMILES string of the molecule is CC/C=C\C/C=C\C/C=C\C/C=C\C/C=C\C/C=C\C/C=C\C/C=C\CCCCC(=O)NC(CO)C(O)CCCCCCCCCCCCC. The summed E-state index contributed by atoms with van der Waals surface area (Å²) in [7, 11) is 0. The van der Waals surface area contributed by atoms with Crippen LogP contribution in [0.15, 0.2) is 97.2 Å². The molecule has 0 aromatic carbocycles. The Morgan fingerprint density at radius 1 is 0.500 bits per heavy atom. The molecule has 284 valence electrons. The first kappa shape index (κ1) is 47.3. The van der Waals surface area contributed by atoms with Crippen LogP contribution in [-0.2, 0) is 4.79 Å². The molecule has 2 atom stereocenters. The number of hydrogen-bond donors (Lipinski definition) is 3. The minimum atomic E-state index is -0.683. The Labute approximate surface area is 309 Å². The molecule has 4 nitrogen and oxygen atoms in total. The molecule has 0 aromatic heterocycles. The van der Waals surface area contributed by atoms with E-state index in [0.29, 0.717) is 12.8 Å². The lowest BCUT2D eigenvalue weighted by Crippen LogP contribution is -2.45. The van der Waals surface area contributed by atoms with E-state index in [-0.39, 0.29) is 12.5 Å². The number of carbonyl (C=O) groups excluding carboxylic acids is 1. The molecule has 0 saturated heterocycles. The average molecular weight is 692 g/mol. The molecule has 0 aromatic rings. The van der Waals surface area contributed by atoms with Crippen molar-refractivity contribution < 1.29 is 15.0 Å². The topological polar surface area (TPSA) is 69.6 Å². The molecule has 0 aliphatic heterocycles. The maximum absolute atomic E-state index is 12.3. The highest BCUT2D eigenvalue weighted by Gasteiger charge is 2.19. The van der Waals surface area contributed by atoms with Crippen LogP contribution in [0.1, 0.15) is 168 Å². The lowest BCUT2D eigenvalue weighted by atomic mass is 10.0. The Kier molecular flexibility index (Phi) is 38.5. The van der Waals surface area contributed by atoms with E-state index in [0.717, 1.165) is 83.5 Å². The summed E-state index contributed by atoms with van der Waals surface area (Å²) in [5.74, 6) is -0.0802. The van der Waals surface area contributed by atoms with Gasteiger partial charge in [-0.25, -0.2) is 0 Å². The van der Waals surface area contributed by atoms with Gasteiger partial charge in [-0.05, 0) is 77.0 Å². The van der Waals surface area contributed by atoms with Gasteiger partial charge in [0, 0.05) is 6.42 Å². The Bertz CT molecular complexity index is 968. The van der Waals surface area contributed by atoms with E-state index in [1.54, 1.807) is 0 Å². The predicted octanol–water partition coefficient (Wildman–Crippen LogP) is 12.7. The first-order chi connectivity index (χ1) is 24.7. The molecule has 3 N–H and O–H groups in total. The maximum Gasteiger partial charge on any atom is 0.220 e. The zero-order valence-corrected chi connectivity index (χ0v) is 32.4. The first-order valence-corrected chi connectivity index (χ1v) is 20.4. The van der Waals surface area contributed by atoms with Crippen LogP contribution in [0.5, 0.6) is 0 Å². The van der Waals surface area contributed by atoms with Crippen LogP contribution in [0, 0.1) is 0 Å². The van der Waals surface area contributed by atoms with Crippen molar-refractivity contribution in [1.82, 2.24) is 5.32 Å². The summed E-state index contributed by atoms with van der Waals surface area (Å²) in [6, 6.07) is -0.565. The van der Waals surface area contributed by atoms with Crippen molar-refractivity contribution >= 4 is 5.91 Å². The number of nitrogens with one attached hydrogen (secondary N) is 1. The van der Waals surface area contributed by atoms with Gasteiger partial charge < -0.3 is 15.5 Å². The van der Waals surface area contributed by atoms with Crippen LogP contribution in [-0.4, -0.2) is 34.9 Å². The number of unbranched alkanes of at least 4 members (excludes halogenated alkanes) is 12. The van der Waals surface area contributed by atoms with E-state index in [1.807, 2.05) is 0 Å². The highest BCUT2D eigenvalue weighted by atomic mass is 16.3. The zero-order valence-electron chi connectivity index (χ0n) is 32.4. The molecule has 1 amide bonds. The standard InChI is InChI=1S/C46H77NO3/c1-3-5-7-9-11-13-15-16-17-18-19-20-21-22-23-24-25-26-27-28-29-30-32-34-36-38-40-42-46(50)47-44(43-48)45(49)41-39-37-35-33-31-14-12-10-8-6-4-2/h5,7,11,13,16-17,19-20,22-23,25-26,28-29,32,34,44-45,48-49H,3-4,6,8-10,12,14-15,18,21,24,27,30-31,33,35-43H2,1-2H3,(H,47,50)/b7-5-,13-11-,17-16-,20-19-,23-22-,26-25-,29-28-,34-32-. The predicted molar refractivity (Wildman–Crippen MR) is 220 cm³/mol. The van der Waals surface area contributed by atoms with Gasteiger partial charge in [0.05, 0.1) is 18.8 Å². The molecule has 0 bridgehead atoms. The molecule has 4 heteroatoms. The molecule has 0 saturated carbocycles. The van der Waals surface area contributed by atoms with E-state index in [4.69, 9.17) is 0 Å². The van der Waals surface area contributed by atoms with Crippen molar-refractivity contribution in [3.63, 3.8) is 0 Å². The summed E-state index contributed by atoms with van der Waals surface area (Å²) in [6.45, 7) is 4.19. The van der Waals surface area contributed by atoms with Gasteiger partial charge in [0.2, 0.25) is 5.91 Å². The lowest BCUT2D eigenvalue weighted by molar-refractivity contribution is -0.123. The van der Waals surface area contributed by atoms with Gasteiger partial charge in [-0.3, -0.25) is 4.79 Å². The van der Waals surface area contributed by atoms with Crippen molar-refractivity contribution in [2.45, 2.75) is 180 Å². The Hall–Kier alpha value is -2.69. The number of rotatable bonds is 35. The normalized spacial score (nSPS) is 14.1. The Morgan fingerprint density at radius 2 is 0.880 bits per heavy atom. The Morgan fingerprint density at radius 3 is 1.28 bits per heavy atom. The molecule has 0 aliphatic carbocycles. The summed E-state index contributed by atoms with van der Waals surface area (Å²) in [4.78, 5) is 12.3. The second-order valence-electron chi connectivity index (χ2n) is 13.3. The quantitative estimate of drug-likeness (QED) is 0.0458. The molecular formula is C46H77NO3. The average Bonchev–Trinajstić information content (AvgIpc) is 3.12. The minimum Gasteiger partial charge on any atom is -0.394 e. The minimum absolute atomic E-state index is 0.0802. The van der Waals surface area contributed by atoms with Crippen molar-refractivity contribution in [3.8, 4) is 0 Å². The van der Waals surface area contributed by atoms with Crippen molar-refractivity contribution in [2.75, 3.05) is 6.61 Å². The summed E-state index contributed by atoms with van der Waals surface area (Å²) in [5, 5.41) is 23.0. The van der Waals surface area contributed by atoms with E-state index < -0.39 is 12.1 Å². The maximum atomic E-state index is 12.3. The van der Waals surface area contributed by atoms with E-state index >= 15 is 0 Å². The van der Waals surface area contributed by atoms with Gasteiger partial charge in [-0.15, -0.1) is 0 Å². The van der Waals surface area contributed by atoms with Gasteiger partial charge in [0.15, 0.2) is 0 Å². The van der Waals surface area contributed by atoms with Gasteiger partial charge >= 0.3 is 0 Å². The Balaban J connectivity index is 3.73. The van der Waals surface area contributed by atoms with Crippen molar-refractivity contribution in [3.05, 3.63) is 97.2 Å². The summed E-state index contributed by atoms with van der Waals surface area (Å²) < 4.78 is 0. The van der Waals surface area contributed by atoms with E-state index in [1.165, 1.54) is 57.8 Å². The largest absolute Gasteiger partial charge is 0.394 e. The molecule has 0 spiro atoms. The van der Waals surface area contributed by atoms with Gasteiger partial charge in [-0.1, -0.05) is 182 Å². The smallest absolute Gasteiger partial charge is 0.220 e. The molecule has 0 fully saturated rings. The molecule has 0 aliphatic rings. The van der Waals surface area contributed by atoms with E-state index in [2.05, 4.69) is 116 Å². The monoisotopic (exact) mass is 692 g/mol. The third-order valence-corrected chi connectivity index (χ3v) is 8.61. The van der Waals surface area contributed by atoms with Crippen molar-refractivity contribution in [2.24, 2.45) is 0 Å². The number of amides is 1. The van der Waals surface area contributed by atoms with Gasteiger partial charge in [0.25, 0.3) is 0 Å². The number of aliphatic hydroxyl groups is 2. The van der Waals surface area contributed by atoms with Crippen molar-refractivity contribution in [1.29, 1.82) is 0 Å². The van der Waals surface area contributed by atoms with Crippen LogP contribution in [0.4, 0.5) is 0 Å². The fraction of sp³-hybridized carbons (Fsp3) is 0.630. The van der Waals surface area contributed by atoms with Gasteiger partial charge in [-0.2, -0.15) is 0 Å². The van der Waals surface area contributed by atoms with Crippen LogP contribution in [0.25, 0.3) is 0 Å². The lowest BCUT2D eigenvalue weighted by Gasteiger charge is -2.22. The molecule has 0 rings (SSSR count). The summed E-state index contributed by atoms with van der Waals surface area (Å²) >= 11 is 0. The fourth-order valence-corrected chi connectivity index (χ4v) is 5.49. The van der Waals surface area contributed by atoms with Crippen LogP contribution < -0.4 is 5.32 Å².